The van der Waals surface area contributed by atoms with Crippen LogP contribution in [0.25, 0.3) is 0 Å². The third-order valence-corrected chi connectivity index (χ3v) is 9.01. The van der Waals surface area contributed by atoms with Crippen molar-refractivity contribution in [2.24, 2.45) is 0 Å². The predicted octanol–water partition coefficient (Wildman–Crippen LogP) is 3.28. The summed E-state index contributed by atoms with van der Waals surface area (Å²) in [5.74, 6) is -1.61. The van der Waals surface area contributed by atoms with Crippen LogP contribution in [0.5, 0.6) is 0 Å². The molecule has 31 heavy (non-hydrogen) atoms. The Morgan fingerprint density at radius 1 is 0.742 bits per heavy atom. The fraction of sp³-hybridized carbons (Fsp3) is 0.417. The van der Waals surface area contributed by atoms with Crippen molar-refractivity contribution < 1.29 is 27.5 Å². The van der Waals surface area contributed by atoms with Crippen LogP contribution in [-0.4, -0.2) is 43.1 Å². The van der Waals surface area contributed by atoms with Crippen molar-refractivity contribution in [2.75, 3.05) is 13.2 Å². The highest BCUT2D eigenvalue weighted by Gasteiger charge is 2.70. The minimum atomic E-state index is -4.34. The van der Waals surface area contributed by atoms with E-state index in [0.717, 1.165) is 0 Å². The van der Waals surface area contributed by atoms with Gasteiger partial charge in [0.25, 0.3) is 0 Å². The Balaban J connectivity index is 2.15. The van der Waals surface area contributed by atoms with E-state index < -0.39 is 31.3 Å². The van der Waals surface area contributed by atoms with Crippen molar-refractivity contribution in [3.05, 3.63) is 71.8 Å². The van der Waals surface area contributed by atoms with E-state index in [1.54, 1.807) is 62.4 Å². The van der Waals surface area contributed by atoms with Crippen molar-refractivity contribution in [3.63, 3.8) is 0 Å². The number of rotatable bonds is 8. The van der Waals surface area contributed by atoms with Crippen LogP contribution < -0.4 is 0 Å². The molecule has 2 aromatic rings. The molecule has 1 saturated heterocycles. The molecule has 2 atom stereocenters. The summed E-state index contributed by atoms with van der Waals surface area (Å²) in [7, 11) is -4.34. The van der Waals surface area contributed by atoms with Gasteiger partial charge in [-0.15, -0.1) is 0 Å². The Morgan fingerprint density at radius 2 is 1.10 bits per heavy atom. The van der Waals surface area contributed by atoms with E-state index in [1.165, 1.54) is 0 Å². The molecule has 0 aliphatic carbocycles. The van der Waals surface area contributed by atoms with Crippen LogP contribution in [0.4, 0.5) is 0 Å². The average molecular weight is 445 g/mol. The third kappa shape index (κ3) is 3.99. The lowest BCUT2D eigenvalue weighted by atomic mass is 9.88. The van der Waals surface area contributed by atoms with E-state index in [-0.39, 0.29) is 38.9 Å². The van der Waals surface area contributed by atoms with Crippen molar-refractivity contribution in [1.29, 1.82) is 0 Å². The van der Waals surface area contributed by atoms with Gasteiger partial charge in [-0.05, 0) is 37.8 Å². The molecule has 1 heterocycles. The minimum Gasteiger partial charge on any atom is -0.465 e. The van der Waals surface area contributed by atoms with Crippen LogP contribution in [0, 0.1) is 0 Å². The number of carbonyl (C=O) groups is 2. The number of hydrogen-bond donors (Lipinski definition) is 0. The number of ether oxygens (including phenoxy) is 2. The molecule has 0 saturated carbocycles. The van der Waals surface area contributed by atoms with E-state index >= 15 is 0 Å². The van der Waals surface area contributed by atoms with Gasteiger partial charge < -0.3 is 9.47 Å². The van der Waals surface area contributed by atoms with E-state index in [0.29, 0.717) is 11.1 Å². The zero-order valence-electron chi connectivity index (χ0n) is 17.9. The van der Waals surface area contributed by atoms with Gasteiger partial charge in [0.1, 0.15) is 0 Å². The van der Waals surface area contributed by atoms with Gasteiger partial charge in [-0.25, -0.2) is 8.42 Å². The average Bonchev–Trinajstić information content (AvgIpc) is 2.98. The van der Waals surface area contributed by atoms with Crippen LogP contribution in [0.2, 0.25) is 0 Å². The quantitative estimate of drug-likeness (QED) is 0.581. The maximum Gasteiger partial charge on any atom is 0.327 e. The number of carbonyl (C=O) groups excluding carboxylic acids is 2. The topological polar surface area (TPSA) is 86.7 Å². The summed E-state index contributed by atoms with van der Waals surface area (Å²) in [5.41, 5.74) is 1.39. The Kier molecular flexibility index (Phi) is 6.84. The second-order valence-electron chi connectivity index (χ2n) is 7.76. The number of sulfone groups is 1. The van der Waals surface area contributed by atoms with Gasteiger partial charge in [-0.2, -0.15) is 0 Å². The number of hydrogen-bond acceptors (Lipinski definition) is 6. The molecule has 6 nitrogen and oxygen atoms in total. The molecule has 2 unspecified atom stereocenters. The van der Waals surface area contributed by atoms with Gasteiger partial charge in [0.15, 0.2) is 19.3 Å². The van der Waals surface area contributed by atoms with Crippen molar-refractivity contribution >= 4 is 21.8 Å². The molecule has 1 fully saturated rings. The summed E-state index contributed by atoms with van der Waals surface area (Å²) in [6.45, 7) is 3.38. The summed E-state index contributed by atoms with van der Waals surface area (Å²) in [4.78, 5) is 26.3. The summed E-state index contributed by atoms with van der Waals surface area (Å²) >= 11 is 0. The zero-order valence-corrected chi connectivity index (χ0v) is 18.7. The highest BCUT2D eigenvalue weighted by Crippen LogP contribution is 2.49. The Hall–Kier alpha value is -2.67. The molecule has 3 rings (SSSR count). The molecule has 0 amide bonds. The fourth-order valence-electron chi connectivity index (χ4n) is 4.36. The molecule has 2 aromatic carbocycles. The molecule has 166 valence electrons. The van der Waals surface area contributed by atoms with Crippen LogP contribution in [0.15, 0.2) is 60.7 Å². The predicted molar refractivity (Wildman–Crippen MR) is 117 cm³/mol. The van der Waals surface area contributed by atoms with Crippen LogP contribution in [-0.2, 0) is 41.7 Å². The highest BCUT2D eigenvalue weighted by atomic mass is 32.2. The summed E-state index contributed by atoms with van der Waals surface area (Å²) < 4.78 is 35.2. The van der Waals surface area contributed by atoms with Crippen LogP contribution in [0.3, 0.4) is 0 Å². The smallest absolute Gasteiger partial charge is 0.327 e. The second-order valence-corrected chi connectivity index (χ2v) is 10.3. The Bertz CT molecular complexity index is 941. The van der Waals surface area contributed by atoms with Gasteiger partial charge in [-0.3, -0.25) is 9.59 Å². The lowest BCUT2D eigenvalue weighted by Gasteiger charge is -2.32. The molecule has 0 bridgehead atoms. The first kappa shape index (κ1) is 23.0. The number of esters is 2. The van der Waals surface area contributed by atoms with Crippen LogP contribution >= 0.6 is 0 Å². The van der Waals surface area contributed by atoms with Crippen molar-refractivity contribution in [2.45, 2.75) is 49.0 Å². The van der Waals surface area contributed by atoms with Gasteiger partial charge in [-0.1, -0.05) is 60.7 Å². The lowest BCUT2D eigenvalue weighted by Crippen LogP contribution is -2.55. The Labute approximate surface area is 183 Å². The first-order chi connectivity index (χ1) is 14.8. The third-order valence-electron chi connectivity index (χ3n) is 5.92. The normalized spacial score (nSPS) is 24.5. The Morgan fingerprint density at radius 3 is 1.42 bits per heavy atom. The summed E-state index contributed by atoms with van der Waals surface area (Å²) in [6.07, 6.45) is -0.112. The monoisotopic (exact) mass is 444 g/mol. The van der Waals surface area contributed by atoms with Gasteiger partial charge in [0, 0.05) is 12.8 Å². The lowest BCUT2D eigenvalue weighted by molar-refractivity contribution is -0.147. The van der Waals surface area contributed by atoms with Crippen molar-refractivity contribution in [3.8, 4) is 0 Å². The van der Waals surface area contributed by atoms with Crippen molar-refractivity contribution in [1.82, 2.24) is 0 Å². The summed E-state index contributed by atoms with van der Waals surface area (Å²) in [6, 6.07) is 17.9. The molecular weight excluding hydrogens is 416 g/mol. The molecular formula is C24H28O6S. The largest absolute Gasteiger partial charge is 0.465 e. The van der Waals surface area contributed by atoms with E-state index in [4.69, 9.17) is 9.47 Å². The molecule has 1 aliphatic rings. The van der Waals surface area contributed by atoms with Crippen LogP contribution in [0.1, 0.15) is 37.8 Å². The molecule has 0 radical (unpaired) electrons. The number of benzene rings is 2. The summed E-state index contributed by atoms with van der Waals surface area (Å²) in [5, 5.41) is 0. The second kappa shape index (κ2) is 9.22. The zero-order chi connectivity index (χ0) is 22.5. The highest BCUT2D eigenvalue weighted by molar-refractivity contribution is 7.96. The standard InChI is InChI=1S/C24H28O6S/c1-3-29-21(25)23(17-19-11-7-5-8-12-19)15-16-24(31(23,27)28,22(26)30-4-2)18-20-13-9-6-10-14-20/h5-14H,3-4,15-18H2,1-2H3. The fourth-order valence-corrected chi connectivity index (χ4v) is 7.12. The molecule has 0 aromatic heterocycles. The molecule has 0 N–H and O–H groups in total. The van der Waals surface area contributed by atoms with Gasteiger partial charge in [0.05, 0.1) is 13.2 Å². The SMILES string of the molecule is CCOC(=O)C1(Cc2ccccc2)CCC(Cc2ccccc2)(C(=O)OCC)S1(=O)=O. The first-order valence-electron chi connectivity index (χ1n) is 10.5. The van der Waals surface area contributed by atoms with Gasteiger partial charge >= 0.3 is 11.9 Å². The maximum atomic E-state index is 14.2. The van der Waals surface area contributed by atoms with E-state index in [2.05, 4.69) is 0 Å². The minimum absolute atomic E-state index is 0.00525. The maximum absolute atomic E-state index is 14.2. The van der Waals surface area contributed by atoms with E-state index in [1.807, 2.05) is 12.1 Å². The molecule has 0 spiro atoms. The molecule has 7 heteroatoms. The molecule has 1 aliphatic heterocycles. The first-order valence-corrected chi connectivity index (χ1v) is 12.0. The van der Waals surface area contributed by atoms with E-state index in [9.17, 15) is 18.0 Å². The van der Waals surface area contributed by atoms with Gasteiger partial charge in [0.2, 0.25) is 0 Å².